The first-order valence-corrected chi connectivity index (χ1v) is 6.47. The van der Waals surface area contributed by atoms with E-state index in [4.69, 9.17) is 0 Å². The fourth-order valence-electron chi connectivity index (χ4n) is 1.04. The van der Waals surface area contributed by atoms with Crippen LogP contribution in [0.15, 0.2) is 29.6 Å². The fourth-order valence-corrected chi connectivity index (χ4v) is 2.39. The van der Waals surface area contributed by atoms with Gasteiger partial charge in [0.25, 0.3) is 0 Å². The van der Waals surface area contributed by atoms with E-state index >= 15 is 0 Å². The van der Waals surface area contributed by atoms with Gasteiger partial charge in [-0.3, -0.25) is 0 Å². The number of hydrogen-bond donors (Lipinski definition) is 0. The van der Waals surface area contributed by atoms with Gasteiger partial charge in [0.1, 0.15) is 0 Å². The van der Waals surface area contributed by atoms with Gasteiger partial charge in [-0.25, -0.2) is 0 Å². The maximum Gasteiger partial charge on any atom is 0.00453 e. The number of hydrogen-bond acceptors (Lipinski definition) is 2. The van der Waals surface area contributed by atoms with Crippen molar-refractivity contribution in [3.63, 3.8) is 0 Å². The van der Waals surface area contributed by atoms with Crippen LogP contribution in [0.4, 0.5) is 0 Å². The lowest BCUT2D eigenvalue weighted by atomic mass is 10.4. The molecule has 0 spiro atoms. The zero-order valence-electron chi connectivity index (χ0n) is 8.91. The smallest absolute Gasteiger partial charge is 0.00453 e. The summed E-state index contributed by atoms with van der Waals surface area (Å²) in [7, 11) is 0. The Balaban J connectivity index is 0.000000146. The molecular weight excluding hydrogens is 208 g/mol. The fraction of sp³-hybridized carbons (Fsp3) is 0.333. The van der Waals surface area contributed by atoms with Gasteiger partial charge in [0.05, 0.1) is 0 Å². The van der Waals surface area contributed by atoms with Crippen molar-refractivity contribution in [2.24, 2.45) is 0 Å². The van der Waals surface area contributed by atoms with Crippen molar-refractivity contribution < 1.29 is 0 Å². The van der Waals surface area contributed by atoms with E-state index in [2.05, 4.69) is 50.4 Å². The summed E-state index contributed by atoms with van der Waals surface area (Å²) in [6.45, 7) is 6.43. The third-order valence-electron chi connectivity index (χ3n) is 1.81. The van der Waals surface area contributed by atoms with Gasteiger partial charge in [0.2, 0.25) is 0 Å². The van der Waals surface area contributed by atoms with E-state index in [1.165, 1.54) is 21.1 Å². The lowest BCUT2D eigenvalue weighted by molar-refractivity contribution is 1.19. The van der Waals surface area contributed by atoms with Crippen LogP contribution in [0.3, 0.4) is 0 Å². The van der Waals surface area contributed by atoms with Crippen LogP contribution in [-0.4, -0.2) is 0 Å². The van der Waals surface area contributed by atoms with Crippen molar-refractivity contribution in [1.29, 1.82) is 0 Å². The molecule has 0 atom stereocenters. The van der Waals surface area contributed by atoms with Gasteiger partial charge in [-0.1, -0.05) is 13.0 Å². The van der Waals surface area contributed by atoms with Crippen molar-refractivity contribution in [2.75, 3.05) is 0 Å². The van der Waals surface area contributed by atoms with Crippen LogP contribution >= 0.6 is 22.7 Å². The Labute approximate surface area is 94.2 Å². The highest BCUT2D eigenvalue weighted by molar-refractivity contribution is 7.11. The highest BCUT2D eigenvalue weighted by Crippen LogP contribution is 2.14. The SMILES string of the molecule is CCc1ccc(C)s1.Cc1cccs1. The van der Waals surface area contributed by atoms with Gasteiger partial charge in [0.15, 0.2) is 0 Å². The Bertz CT molecular complexity index is 344. The Hall–Kier alpha value is -0.600. The zero-order chi connectivity index (χ0) is 10.4. The van der Waals surface area contributed by atoms with Gasteiger partial charge < -0.3 is 0 Å². The summed E-state index contributed by atoms with van der Waals surface area (Å²) < 4.78 is 0. The second-order valence-electron chi connectivity index (χ2n) is 3.09. The molecule has 14 heavy (non-hydrogen) atoms. The molecule has 0 N–H and O–H groups in total. The molecule has 0 amide bonds. The van der Waals surface area contributed by atoms with E-state index in [1.54, 1.807) is 11.3 Å². The maximum absolute atomic E-state index is 2.19. The third kappa shape index (κ3) is 4.07. The summed E-state index contributed by atoms with van der Waals surface area (Å²) in [5, 5.41) is 2.08. The average molecular weight is 224 g/mol. The van der Waals surface area contributed by atoms with E-state index in [0.717, 1.165) is 0 Å². The summed E-state index contributed by atoms with van der Waals surface area (Å²) >= 11 is 3.67. The van der Waals surface area contributed by atoms with Crippen molar-refractivity contribution in [3.05, 3.63) is 44.3 Å². The van der Waals surface area contributed by atoms with E-state index in [1.807, 2.05) is 11.3 Å². The highest BCUT2D eigenvalue weighted by Gasteiger charge is 1.89. The second-order valence-corrected chi connectivity index (χ2v) is 5.61. The zero-order valence-corrected chi connectivity index (χ0v) is 10.5. The minimum atomic E-state index is 1.18. The topological polar surface area (TPSA) is 0 Å². The third-order valence-corrected chi connectivity index (χ3v) is 3.75. The summed E-state index contributed by atoms with van der Waals surface area (Å²) in [5.41, 5.74) is 0. The van der Waals surface area contributed by atoms with Gasteiger partial charge in [-0.15, -0.1) is 22.7 Å². The summed E-state index contributed by atoms with van der Waals surface area (Å²) in [5.74, 6) is 0. The summed E-state index contributed by atoms with van der Waals surface area (Å²) in [4.78, 5) is 4.29. The predicted octanol–water partition coefficient (Wildman–Crippen LogP) is 4.68. The van der Waals surface area contributed by atoms with Crippen molar-refractivity contribution in [1.82, 2.24) is 0 Å². The summed E-state index contributed by atoms with van der Waals surface area (Å²) in [6, 6.07) is 8.52. The quantitative estimate of drug-likeness (QED) is 0.660. The van der Waals surface area contributed by atoms with Crippen LogP contribution in [0.1, 0.15) is 21.6 Å². The summed E-state index contributed by atoms with van der Waals surface area (Å²) in [6.07, 6.45) is 1.18. The van der Waals surface area contributed by atoms with E-state index in [0.29, 0.717) is 0 Å². The van der Waals surface area contributed by atoms with Crippen LogP contribution in [-0.2, 0) is 6.42 Å². The molecule has 0 aliphatic heterocycles. The molecule has 0 saturated carbocycles. The molecule has 2 aromatic rings. The van der Waals surface area contributed by atoms with E-state index in [9.17, 15) is 0 Å². The molecule has 76 valence electrons. The lowest BCUT2D eigenvalue weighted by Crippen LogP contribution is -1.63. The first-order chi connectivity index (χ1) is 6.72. The Morgan fingerprint density at radius 2 is 1.86 bits per heavy atom. The van der Waals surface area contributed by atoms with Crippen LogP contribution in [0.25, 0.3) is 0 Å². The molecule has 0 aromatic carbocycles. The standard InChI is InChI=1S/C7H10S.C5H6S/c1-3-7-5-4-6(2)8-7;1-5-3-2-4-6-5/h4-5H,3H2,1-2H3;2-4H,1H3. The predicted molar refractivity (Wildman–Crippen MR) is 67.5 cm³/mol. The molecule has 2 heterocycles. The van der Waals surface area contributed by atoms with Crippen molar-refractivity contribution in [2.45, 2.75) is 27.2 Å². The molecule has 0 aliphatic carbocycles. The van der Waals surface area contributed by atoms with Gasteiger partial charge in [-0.05, 0) is 43.8 Å². The minimum absolute atomic E-state index is 1.18. The molecule has 0 aliphatic rings. The molecule has 0 saturated heterocycles. The molecule has 2 heteroatoms. The van der Waals surface area contributed by atoms with E-state index < -0.39 is 0 Å². The number of thiophene rings is 2. The molecule has 0 radical (unpaired) electrons. The molecule has 0 fully saturated rings. The Kier molecular flexibility index (Phi) is 4.91. The van der Waals surface area contributed by atoms with Crippen molar-refractivity contribution in [3.8, 4) is 0 Å². The number of rotatable bonds is 1. The minimum Gasteiger partial charge on any atom is -0.149 e. The first kappa shape index (κ1) is 11.5. The lowest BCUT2D eigenvalue weighted by Gasteiger charge is -1.80. The monoisotopic (exact) mass is 224 g/mol. The molecule has 0 unspecified atom stereocenters. The second kappa shape index (κ2) is 5.99. The molecular formula is C12H16S2. The van der Waals surface area contributed by atoms with Crippen LogP contribution in [0.2, 0.25) is 0 Å². The normalized spacial score (nSPS) is 9.36. The Morgan fingerprint density at radius 1 is 1.07 bits per heavy atom. The van der Waals surface area contributed by atoms with Gasteiger partial charge in [0, 0.05) is 14.6 Å². The van der Waals surface area contributed by atoms with Crippen LogP contribution < -0.4 is 0 Å². The van der Waals surface area contributed by atoms with Gasteiger partial charge >= 0.3 is 0 Å². The van der Waals surface area contributed by atoms with Crippen LogP contribution in [0.5, 0.6) is 0 Å². The van der Waals surface area contributed by atoms with E-state index in [-0.39, 0.29) is 0 Å². The molecule has 0 nitrogen and oxygen atoms in total. The number of aryl methyl sites for hydroxylation is 3. The largest absolute Gasteiger partial charge is 0.149 e. The maximum atomic E-state index is 2.19. The van der Waals surface area contributed by atoms with Crippen molar-refractivity contribution >= 4 is 22.7 Å². The average Bonchev–Trinajstić information content (AvgIpc) is 2.77. The Morgan fingerprint density at radius 3 is 2.07 bits per heavy atom. The first-order valence-electron chi connectivity index (χ1n) is 4.77. The van der Waals surface area contributed by atoms with Crippen LogP contribution in [0, 0.1) is 13.8 Å². The van der Waals surface area contributed by atoms with Gasteiger partial charge in [-0.2, -0.15) is 0 Å². The highest BCUT2D eigenvalue weighted by atomic mass is 32.1. The molecule has 0 bridgehead atoms. The molecule has 2 aromatic heterocycles. The molecule has 2 rings (SSSR count).